The molecular formula is C76H52N4O2. The molecule has 82 heavy (non-hydrogen) atoms. The largest absolute Gasteiger partial charge is 0.458 e. The van der Waals surface area contributed by atoms with Gasteiger partial charge in [0.25, 0.3) is 6.33 Å². The maximum atomic E-state index is 9.48. The van der Waals surface area contributed by atoms with E-state index in [1.807, 2.05) is 167 Å². The number of hydrogen-bond acceptors (Lipinski definition) is 3. The molecular weight excluding hydrogens is 1000 g/mol. The number of rotatable bonds is 7. The minimum absolute atomic E-state index is 0.00151. The fourth-order valence-corrected chi connectivity index (χ4v) is 12.1. The summed E-state index contributed by atoms with van der Waals surface area (Å²) in [5, 5.41) is 3.91. The Bertz CT molecular complexity index is 5640. The molecule has 1 aliphatic heterocycles. The zero-order chi connectivity index (χ0) is 63.3. The van der Waals surface area contributed by atoms with Crippen LogP contribution < -0.4 is 9.30 Å². The summed E-state index contributed by atoms with van der Waals surface area (Å²) in [7, 11) is 0. The van der Waals surface area contributed by atoms with Gasteiger partial charge in [-0.3, -0.25) is 13.7 Å². The molecule has 15 aromatic rings. The van der Waals surface area contributed by atoms with Crippen molar-refractivity contribution in [2.24, 2.45) is 0 Å². The van der Waals surface area contributed by atoms with E-state index in [4.69, 9.17) is 22.4 Å². The minimum atomic E-state index is -0.517. The van der Waals surface area contributed by atoms with Crippen LogP contribution in [-0.4, -0.2) is 14.1 Å². The van der Waals surface area contributed by atoms with Gasteiger partial charge in [0.1, 0.15) is 28.5 Å². The Hall–Kier alpha value is -10.6. The lowest BCUT2D eigenvalue weighted by molar-refractivity contribution is -0.570. The maximum Gasteiger partial charge on any atom is 0.269 e. The molecule has 4 aromatic heterocycles. The lowest BCUT2D eigenvalue weighted by atomic mass is 9.84. The molecule has 0 saturated carbocycles. The normalized spacial score (nSPS) is 13.8. The van der Waals surface area contributed by atoms with Crippen LogP contribution in [0.5, 0.6) is 11.5 Å². The monoisotopic (exact) mass is 1060 g/mol. The highest BCUT2D eigenvalue weighted by Crippen LogP contribution is 2.50. The molecule has 0 saturated heterocycles. The number of imidazole rings is 1. The Morgan fingerprint density at radius 3 is 1.98 bits per heavy atom. The molecule has 16 rings (SSSR count). The van der Waals surface area contributed by atoms with Gasteiger partial charge in [0.05, 0.1) is 47.1 Å². The molecule has 388 valence electrons. The molecule has 6 nitrogen and oxygen atoms in total. The van der Waals surface area contributed by atoms with E-state index >= 15 is 0 Å². The zero-order valence-corrected chi connectivity index (χ0v) is 44.7. The average Bonchev–Trinajstić information content (AvgIpc) is 1.50. The topological polar surface area (TPSA) is 49.0 Å². The molecule has 0 bridgehead atoms. The van der Waals surface area contributed by atoms with Gasteiger partial charge in [0.15, 0.2) is 0 Å². The van der Waals surface area contributed by atoms with Crippen LogP contribution >= 0.6 is 0 Å². The molecule has 0 aliphatic carbocycles. The van der Waals surface area contributed by atoms with Gasteiger partial charge in [-0.2, -0.15) is 0 Å². The Balaban J connectivity index is 0.994. The van der Waals surface area contributed by atoms with Crippen LogP contribution in [0.4, 0.5) is 0 Å². The zero-order valence-electron chi connectivity index (χ0n) is 54.7. The van der Waals surface area contributed by atoms with Gasteiger partial charge in [0, 0.05) is 33.8 Å². The van der Waals surface area contributed by atoms with Crippen molar-refractivity contribution in [3.63, 3.8) is 0 Å². The third-order valence-electron chi connectivity index (χ3n) is 15.9. The van der Waals surface area contributed by atoms with Crippen molar-refractivity contribution in [3.8, 4) is 95.5 Å². The Morgan fingerprint density at radius 2 is 1.15 bits per heavy atom. The third-order valence-corrected chi connectivity index (χ3v) is 15.9. The number of nitrogens with zero attached hydrogens (tertiary/aromatic N) is 4. The van der Waals surface area contributed by atoms with Gasteiger partial charge < -0.3 is 9.15 Å². The van der Waals surface area contributed by atoms with Crippen LogP contribution in [0.15, 0.2) is 265 Å². The highest BCUT2D eigenvalue weighted by molar-refractivity contribution is 6.11. The number of furan rings is 1. The number of para-hydroxylation sites is 3. The first-order valence-corrected chi connectivity index (χ1v) is 27.2. The molecule has 11 aromatic carbocycles. The van der Waals surface area contributed by atoms with Crippen molar-refractivity contribution in [1.29, 1.82) is 0 Å². The Kier molecular flexibility index (Phi) is 8.61. The van der Waals surface area contributed by atoms with E-state index < -0.39 is 36.3 Å². The second kappa shape index (κ2) is 18.5. The highest BCUT2D eigenvalue weighted by Gasteiger charge is 2.29. The minimum Gasteiger partial charge on any atom is -0.458 e. The summed E-state index contributed by atoms with van der Waals surface area (Å²) in [4.78, 5) is 4.91. The lowest BCUT2D eigenvalue weighted by Crippen LogP contribution is -2.32. The fraction of sp³-hybridized carbons (Fsp3) is 0.0526. The quantitative estimate of drug-likeness (QED) is 0.118. The summed E-state index contributed by atoms with van der Waals surface area (Å²) in [5.74, 6) is 1.84. The van der Waals surface area contributed by atoms with Gasteiger partial charge >= 0.3 is 0 Å². The summed E-state index contributed by atoms with van der Waals surface area (Å²) in [6.07, 6.45) is 5.70. The van der Waals surface area contributed by atoms with Crippen molar-refractivity contribution >= 4 is 54.8 Å². The third kappa shape index (κ3) is 7.63. The lowest BCUT2D eigenvalue weighted by Gasteiger charge is -2.21. The van der Waals surface area contributed by atoms with Crippen molar-refractivity contribution in [3.05, 3.63) is 273 Å². The van der Waals surface area contributed by atoms with Crippen molar-refractivity contribution in [2.45, 2.75) is 26.2 Å². The van der Waals surface area contributed by atoms with Crippen molar-refractivity contribution in [2.75, 3.05) is 0 Å². The van der Waals surface area contributed by atoms with Crippen LogP contribution in [0.2, 0.25) is 0 Å². The SMILES string of the molecule is [2H]c1c([2H])c([2H])c(-c2cc3c4c(c2)n(-c2cccc(Oc5ccc6c7ccccc7n(-c7cc(C(C)(C)C)ccn7)c6c5)c2)[c-][n+]4-c2c(-c4ccc5oc6ccccc6c5c4)cccc2-c2c(cccc2-c2c([2H])c([2H])c([2H])c([2H])c2[2H])-c2ccccc2-3)c([2H])c1[2H]. The number of benzene rings is 11. The molecule has 5 heterocycles. The molecule has 0 fully saturated rings. The second-order valence-corrected chi connectivity index (χ2v) is 21.7. The van der Waals surface area contributed by atoms with E-state index in [0.29, 0.717) is 84.0 Å². The summed E-state index contributed by atoms with van der Waals surface area (Å²) in [6.45, 7) is 6.56. The highest BCUT2D eigenvalue weighted by atomic mass is 16.5. The smallest absolute Gasteiger partial charge is 0.269 e. The van der Waals surface area contributed by atoms with Crippen LogP contribution in [0.1, 0.15) is 40.0 Å². The van der Waals surface area contributed by atoms with E-state index in [1.165, 1.54) is 0 Å². The molecule has 1 aliphatic rings. The van der Waals surface area contributed by atoms with Crippen molar-refractivity contribution in [1.82, 2.24) is 14.1 Å². The summed E-state index contributed by atoms with van der Waals surface area (Å²) in [5.41, 5.74) is 13.0. The fourth-order valence-electron chi connectivity index (χ4n) is 12.1. The molecule has 0 unspecified atom stereocenters. The van der Waals surface area contributed by atoms with E-state index in [1.54, 1.807) is 6.07 Å². The maximum absolute atomic E-state index is 9.48. The molecule has 0 atom stereocenters. The van der Waals surface area contributed by atoms with Gasteiger partial charge in [-0.15, -0.1) is 0 Å². The van der Waals surface area contributed by atoms with Crippen LogP contribution in [0, 0.1) is 6.33 Å². The van der Waals surface area contributed by atoms with Crippen LogP contribution in [0.25, 0.3) is 139 Å². The second-order valence-electron chi connectivity index (χ2n) is 21.7. The number of pyridine rings is 1. The first-order chi connectivity index (χ1) is 44.4. The summed E-state index contributed by atoms with van der Waals surface area (Å²) < 4.78 is 110. The van der Waals surface area contributed by atoms with Gasteiger partial charge in [-0.25, -0.2) is 4.98 Å². The molecule has 0 amide bonds. The van der Waals surface area contributed by atoms with Gasteiger partial charge in [-0.1, -0.05) is 196 Å². The molecule has 0 radical (unpaired) electrons. The molecule has 0 spiro atoms. The number of hydrogen-bond donors (Lipinski definition) is 0. The first kappa shape index (κ1) is 38.1. The van der Waals surface area contributed by atoms with Crippen LogP contribution in [0.3, 0.4) is 0 Å². The average molecular weight is 1060 g/mol. The number of aromatic nitrogens is 4. The standard InChI is InChI=1S/C76H52N4O2/c1-76(2,3)52-39-40-77-72(44-52)80-67-33-14-12-27-60(67)61-37-36-55(46-68(61)80)81-54-24-16-23-53(45-54)78-47-79-74-57(50-35-38-71-65(41-50)62-28-13-15-34-70(62)82-71)30-18-32-64(74)73-56(49-21-8-5-9-22-49)29-17-31-63(73)58-25-10-11-26-59(58)66-42-51(43-69(78)75(66)79)48-19-6-4-7-20-48/h4-46H,1-3H3/i4D,5D,6D,7D,8D,9D,19D,20D,21D,22D. The predicted octanol–water partition coefficient (Wildman–Crippen LogP) is 19.5. The predicted molar refractivity (Wildman–Crippen MR) is 334 cm³/mol. The number of ether oxygens (including phenoxy) is 1. The summed E-state index contributed by atoms with van der Waals surface area (Å²) >= 11 is 0. The molecule has 6 heteroatoms. The van der Waals surface area contributed by atoms with E-state index in [2.05, 4.69) is 68.1 Å². The van der Waals surface area contributed by atoms with Crippen molar-refractivity contribution < 1.29 is 27.4 Å². The Morgan fingerprint density at radius 1 is 0.476 bits per heavy atom. The Labute approximate surface area is 488 Å². The van der Waals surface area contributed by atoms with Crippen LogP contribution in [-0.2, 0) is 5.41 Å². The van der Waals surface area contributed by atoms with E-state index in [0.717, 1.165) is 60.7 Å². The number of fused-ring (bicyclic) bond motifs is 13. The van der Waals surface area contributed by atoms with E-state index in [9.17, 15) is 5.48 Å². The molecule has 0 N–H and O–H groups in total. The van der Waals surface area contributed by atoms with E-state index in [-0.39, 0.29) is 40.7 Å². The first-order valence-electron chi connectivity index (χ1n) is 32.2. The van der Waals surface area contributed by atoms with Gasteiger partial charge in [0.2, 0.25) is 0 Å². The van der Waals surface area contributed by atoms with Gasteiger partial charge in [-0.05, 0) is 151 Å². The summed E-state index contributed by atoms with van der Waals surface area (Å²) in [6, 6.07) is 58.9.